The van der Waals surface area contributed by atoms with Crippen LogP contribution < -0.4 is 0 Å². The van der Waals surface area contributed by atoms with Crippen LogP contribution in [0.15, 0.2) is 24.3 Å². The second-order valence-corrected chi connectivity index (χ2v) is 7.95. The molecule has 7 nitrogen and oxygen atoms in total. The normalized spacial score (nSPS) is 16.8. The van der Waals surface area contributed by atoms with E-state index in [-0.39, 0.29) is 17.8 Å². The van der Waals surface area contributed by atoms with Gasteiger partial charge in [0.05, 0.1) is 10.9 Å². The minimum absolute atomic E-state index is 0.0888. The predicted octanol–water partition coefficient (Wildman–Crippen LogP) is 2.37. The highest BCUT2D eigenvalue weighted by Crippen LogP contribution is 2.41. The third kappa shape index (κ3) is 3.19. The number of carbonyl (C=O) groups is 1. The number of thiazole rings is 1. The molecular formula is C19H23N5O2S. The highest BCUT2D eigenvalue weighted by molar-refractivity contribution is 7.17. The Bertz CT molecular complexity index is 987. The number of aromatic nitrogens is 3. The fourth-order valence-electron chi connectivity index (χ4n) is 3.72. The Balaban J connectivity index is 1.77. The summed E-state index contributed by atoms with van der Waals surface area (Å²) in [7, 11) is 0. The zero-order chi connectivity index (χ0) is 19.1. The molecule has 0 bridgehead atoms. The molecule has 1 aliphatic heterocycles. The maximum atomic E-state index is 11.7. The van der Waals surface area contributed by atoms with E-state index in [9.17, 15) is 9.90 Å². The van der Waals surface area contributed by atoms with Crippen molar-refractivity contribution in [1.29, 1.82) is 0 Å². The Morgan fingerprint density at radius 2 is 1.89 bits per heavy atom. The van der Waals surface area contributed by atoms with Crippen LogP contribution in [0.25, 0.3) is 4.96 Å². The summed E-state index contributed by atoms with van der Waals surface area (Å²) in [6, 6.07) is 8.16. The number of fused-ring (bicyclic) bond motifs is 1. The van der Waals surface area contributed by atoms with Gasteiger partial charge in [-0.15, -0.1) is 5.10 Å². The molecule has 4 rings (SSSR count). The SMILES string of the molecule is CC(=O)N1CCN([C@H](c2ccccc2C)c2sc3nc(C)nn3c2O)CC1. The van der Waals surface area contributed by atoms with E-state index in [0.717, 1.165) is 23.5 Å². The molecule has 0 saturated carbocycles. The maximum absolute atomic E-state index is 11.7. The quantitative estimate of drug-likeness (QED) is 0.749. The van der Waals surface area contributed by atoms with Crippen LogP contribution in [-0.2, 0) is 4.79 Å². The van der Waals surface area contributed by atoms with E-state index < -0.39 is 0 Å². The topological polar surface area (TPSA) is 74.0 Å². The number of benzene rings is 1. The van der Waals surface area contributed by atoms with E-state index in [2.05, 4.69) is 34.0 Å². The van der Waals surface area contributed by atoms with Gasteiger partial charge in [-0.05, 0) is 25.0 Å². The number of aromatic hydroxyl groups is 1. The molecule has 0 aliphatic carbocycles. The van der Waals surface area contributed by atoms with Crippen LogP contribution in [0.4, 0.5) is 0 Å². The Hall–Kier alpha value is -2.45. The van der Waals surface area contributed by atoms with Gasteiger partial charge < -0.3 is 10.0 Å². The first kappa shape index (κ1) is 17.9. The van der Waals surface area contributed by atoms with Crippen LogP contribution in [0.3, 0.4) is 0 Å². The summed E-state index contributed by atoms with van der Waals surface area (Å²) in [4.78, 5) is 21.8. The summed E-state index contributed by atoms with van der Waals surface area (Å²) in [5, 5.41) is 15.2. The van der Waals surface area contributed by atoms with Crippen LogP contribution >= 0.6 is 11.3 Å². The zero-order valence-electron chi connectivity index (χ0n) is 15.7. The van der Waals surface area contributed by atoms with Gasteiger partial charge in [0.1, 0.15) is 5.82 Å². The van der Waals surface area contributed by atoms with Crippen molar-refractivity contribution in [1.82, 2.24) is 24.4 Å². The van der Waals surface area contributed by atoms with E-state index in [4.69, 9.17) is 0 Å². The van der Waals surface area contributed by atoms with E-state index in [1.54, 1.807) is 6.92 Å². The number of aryl methyl sites for hydroxylation is 2. The van der Waals surface area contributed by atoms with Gasteiger partial charge in [-0.2, -0.15) is 4.52 Å². The van der Waals surface area contributed by atoms with Crippen molar-refractivity contribution >= 4 is 22.2 Å². The first-order chi connectivity index (χ1) is 13.0. The molecule has 1 N–H and O–H groups in total. The van der Waals surface area contributed by atoms with Gasteiger partial charge in [-0.25, -0.2) is 4.98 Å². The van der Waals surface area contributed by atoms with Crippen LogP contribution in [0.5, 0.6) is 5.88 Å². The molecule has 1 aliphatic rings. The summed E-state index contributed by atoms with van der Waals surface area (Å²) in [5.74, 6) is 0.905. The lowest BCUT2D eigenvalue weighted by Crippen LogP contribution is -2.49. The van der Waals surface area contributed by atoms with Gasteiger partial charge in [-0.3, -0.25) is 9.69 Å². The molecule has 0 spiro atoms. The Kier molecular flexibility index (Phi) is 4.61. The van der Waals surface area contributed by atoms with Crippen molar-refractivity contribution in [3.05, 3.63) is 46.1 Å². The fourth-order valence-corrected chi connectivity index (χ4v) is 4.87. The van der Waals surface area contributed by atoms with Crippen LogP contribution in [-0.4, -0.2) is 61.6 Å². The number of rotatable bonds is 3. The molecule has 1 saturated heterocycles. The molecule has 0 radical (unpaired) electrons. The van der Waals surface area contributed by atoms with Crippen molar-refractivity contribution in [2.24, 2.45) is 0 Å². The van der Waals surface area contributed by atoms with E-state index in [1.165, 1.54) is 21.4 Å². The minimum atomic E-state index is -0.0888. The largest absolute Gasteiger partial charge is 0.492 e. The molecule has 8 heteroatoms. The molecule has 1 aromatic carbocycles. The summed E-state index contributed by atoms with van der Waals surface area (Å²) < 4.78 is 1.52. The summed E-state index contributed by atoms with van der Waals surface area (Å²) in [6.45, 7) is 8.42. The van der Waals surface area contributed by atoms with Crippen molar-refractivity contribution in [3.8, 4) is 5.88 Å². The standard InChI is InChI=1S/C19H23N5O2S/c1-12-6-4-5-7-15(12)16(23-10-8-22(9-11-23)14(3)25)17-18(26)24-19(27-17)20-13(2)21-24/h4-7,16,26H,8-11H2,1-3H3/t16-/m1/s1. The summed E-state index contributed by atoms with van der Waals surface area (Å²) >= 11 is 1.47. The van der Waals surface area contributed by atoms with E-state index in [1.807, 2.05) is 24.0 Å². The van der Waals surface area contributed by atoms with Crippen molar-refractivity contribution in [2.75, 3.05) is 26.2 Å². The predicted molar refractivity (Wildman–Crippen MR) is 104 cm³/mol. The second-order valence-electron chi connectivity index (χ2n) is 6.94. The molecule has 3 aromatic rings. The summed E-state index contributed by atoms with van der Waals surface area (Å²) in [6.07, 6.45) is 0. The van der Waals surface area contributed by atoms with Crippen molar-refractivity contribution in [2.45, 2.75) is 26.8 Å². The lowest BCUT2D eigenvalue weighted by molar-refractivity contribution is -0.130. The van der Waals surface area contributed by atoms with Gasteiger partial charge in [0.25, 0.3) is 0 Å². The molecular weight excluding hydrogens is 362 g/mol. The van der Waals surface area contributed by atoms with Gasteiger partial charge in [0, 0.05) is 33.1 Å². The molecule has 2 aromatic heterocycles. The Labute approximate surface area is 161 Å². The lowest BCUT2D eigenvalue weighted by Gasteiger charge is -2.39. The monoisotopic (exact) mass is 385 g/mol. The van der Waals surface area contributed by atoms with Crippen molar-refractivity contribution < 1.29 is 9.90 Å². The molecule has 1 fully saturated rings. The minimum Gasteiger partial charge on any atom is -0.492 e. The van der Waals surface area contributed by atoms with Gasteiger partial charge in [0.15, 0.2) is 0 Å². The second kappa shape index (κ2) is 6.94. The van der Waals surface area contributed by atoms with E-state index in [0.29, 0.717) is 23.9 Å². The van der Waals surface area contributed by atoms with Crippen LogP contribution in [0, 0.1) is 13.8 Å². The van der Waals surface area contributed by atoms with Crippen molar-refractivity contribution in [3.63, 3.8) is 0 Å². The molecule has 3 heterocycles. The Morgan fingerprint density at radius 1 is 1.19 bits per heavy atom. The smallest absolute Gasteiger partial charge is 0.230 e. The number of amides is 1. The number of hydrogen-bond acceptors (Lipinski definition) is 6. The van der Waals surface area contributed by atoms with E-state index >= 15 is 0 Å². The first-order valence-corrected chi connectivity index (χ1v) is 9.87. The fraction of sp³-hybridized carbons (Fsp3) is 0.421. The molecule has 1 amide bonds. The Morgan fingerprint density at radius 3 is 2.52 bits per heavy atom. The molecule has 0 unspecified atom stereocenters. The molecule has 1 atom stereocenters. The number of hydrogen-bond donors (Lipinski definition) is 1. The number of nitrogens with zero attached hydrogens (tertiary/aromatic N) is 5. The van der Waals surface area contributed by atoms with Gasteiger partial charge in [0.2, 0.25) is 16.7 Å². The zero-order valence-corrected chi connectivity index (χ0v) is 16.5. The average molecular weight is 385 g/mol. The molecule has 142 valence electrons. The number of piperazine rings is 1. The first-order valence-electron chi connectivity index (χ1n) is 9.06. The lowest BCUT2D eigenvalue weighted by atomic mass is 9.98. The molecule has 27 heavy (non-hydrogen) atoms. The van der Waals surface area contributed by atoms with Gasteiger partial charge in [-0.1, -0.05) is 35.6 Å². The highest BCUT2D eigenvalue weighted by Gasteiger charge is 2.32. The third-order valence-electron chi connectivity index (χ3n) is 5.16. The number of carbonyl (C=O) groups excluding carboxylic acids is 1. The maximum Gasteiger partial charge on any atom is 0.230 e. The van der Waals surface area contributed by atoms with Crippen LogP contribution in [0.1, 0.15) is 34.8 Å². The average Bonchev–Trinajstić information content (AvgIpc) is 3.15. The van der Waals surface area contributed by atoms with Gasteiger partial charge >= 0.3 is 0 Å². The highest BCUT2D eigenvalue weighted by atomic mass is 32.1. The van der Waals surface area contributed by atoms with Crippen LogP contribution in [0.2, 0.25) is 0 Å². The summed E-state index contributed by atoms with van der Waals surface area (Å²) in [5.41, 5.74) is 2.33. The third-order valence-corrected chi connectivity index (χ3v) is 6.23.